The molecule has 0 aliphatic carbocycles. The Hall–Kier alpha value is -2.81. The highest BCUT2D eigenvalue weighted by atomic mass is 35.5. The molecule has 0 bridgehead atoms. The standard InChI is InChI=1S/C22H21ClN4O/c1-26(2)17-11-12-27(14-17)22(28)16-8-10-21-18(13-16)20(24-25-21)9-7-15-5-3-4-6-19(15)23/h3-6,8,10,13,17H,11-12,14H2,1-2H3,(H,24,25). The average molecular weight is 393 g/mol. The van der Waals surface area contributed by atoms with Gasteiger partial charge in [-0.25, -0.2) is 0 Å². The van der Waals surface area contributed by atoms with E-state index in [0.717, 1.165) is 36.0 Å². The van der Waals surface area contributed by atoms with Crippen LogP contribution in [-0.2, 0) is 0 Å². The molecule has 2 heterocycles. The van der Waals surface area contributed by atoms with Crippen LogP contribution in [0, 0.1) is 11.8 Å². The molecule has 5 nitrogen and oxygen atoms in total. The number of carbonyl (C=O) groups excluding carboxylic acids is 1. The lowest BCUT2D eigenvalue weighted by Gasteiger charge is -2.20. The first-order valence-corrected chi connectivity index (χ1v) is 9.61. The molecule has 1 atom stereocenters. The fourth-order valence-corrected chi connectivity index (χ4v) is 3.64. The molecule has 28 heavy (non-hydrogen) atoms. The molecule has 3 aromatic rings. The number of hydrogen-bond acceptors (Lipinski definition) is 3. The van der Waals surface area contributed by atoms with Gasteiger partial charge in [-0.2, -0.15) is 5.10 Å². The van der Waals surface area contributed by atoms with E-state index in [9.17, 15) is 4.79 Å². The minimum Gasteiger partial charge on any atom is -0.337 e. The van der Waals surface area contributed by atoms with Crippen molar-refractivity contribution in [2.75, 3.05) is 27.2 Å². The highest BCUT2D eigenvalue weighted by Crippen LogP contribution is 2.21. The Kier molecular flexibility index (Phi) is 5.08. The van der Waals surface area contributed by atoms with Crippen molar-refractivity contribution in [3.8, 4) is 11.8 Å². The van der Waals surface area contributed by atoms with Crippen molar-refractivity contribution >= 4 is 28.4 Å². The van der Waals surface area contributed by atoms with Crippen LogP contribution in [0.1, 0.15) is 28.0 Å². The van der Waals surface area contributed by atoms with Crippen LogP contribution < -0.4 is 0 Å². The number of halogens is 1. The number of aromatic amines is 1. The van der Waals surface area contributed by atoms with Crippen molar-refractivity contribution < 1.29 is 4.79 Å². The topological polar surface area (TPSA) is 52.2 Å². The number of hydrogen-bond donors (Lipinski definition) is 1. The minimum atomic E-state index is 0.0532. The second-order valence-corrected chi connectivity index (χ2v) is 7.62. The minimum absolute atomic E-state index is 0.0532. The predicted octanol–water partition coefficient (Wildman–Crippen LogP) is 3.39. The van der Waals surface area contributed by atoms with Gasteiger partial charge in [0, 0.05) is 35.6 Å². The number of likely N-dealkylation sites (tertiary alicyclic amines) is 1. The lowest BCUT2D eigenvalue weighted by Crippen LogP contribution is -2.34. The summed E-state index contributed by atoms with van der Waals surface area (Å²) < 4.78 is 0. The van der Waals surface area contributed by atoms with E-state index in [1.165, 1.54) is 0 Å². The van der Waals surface area contributed by atoms with E-state index in [0.29, 0.717) is 22.3 Å². The molecule has 1 aliphatic heterocycles. The Morgan fingerprint density at radius 3 is 2.82 bits per heavy atom. The van der Waals surface area contributed by atoms with Gasteiger partial charge in [0.2, 0.25) is 0 Å². The monoisotopic (exact) mass is 392 g/mol. The van der Waals surface area contributed by atoms with E-state index in [-0.39, 0.29) is 5.91 Å². The van der Waals surface area contributed by atoms with Crippen molar-refractivity contribution in [1.82, 2.24) is 20.0 Å². The Balaban J connectivity index is 1.62. The van der Waals surface area contributed by atoms with Gasteiger partial charge in [0.15, 0.2) is 0 Å². The molecule has 0 radical (unpaired) electrons. The molecule has 0 saturated carbocycles. The molecule has 1 fully saturated rings. The fraction of sp³-hybridized carbons (Fsp3) is 0.273. The Morgan fingerprint density at radius 2 is 2.07 bits per heavy atom. The summed E-state index contributed by atoms with van der Waals surface area (Å²) >= 11 is 6.17. The number of likely N-dealkylation sites (N-methyl/N-ethyl adjacent to an activating group) is 1. The van der Waals surface area contributed by atoms with E-state index < -0.39 is 0 Å². The van der Waals surface area contributed by atoms with E-state index in [1.807, 2.05) is 47.4 Å². The molecule has 2 aromatic carbocycles. The first kappa shape index (κ1) is 18.5. The summed E-state index contributed by atoms with van der Waals surface area (Å²) in [5, 5.41) is 8.71. The van der Waals surface area contributed by atoms with Gasteiger partial charge in [-0.3, -0.25) is 9.89 Å². The molecular weight excluding hydrogens is 372 g/mol. The van der Waals surface area contributed by atoms with Crippen LogP contribution in [-0.4, -0.2) is 59.1 Å². The molecule has 1 unspecified atom stereocenters. The average Bonchev–Trinajstić information content (AvgIpc) is 3.34. The van der Waals surface area contributed by atoms with E-state index in [4.69, 9.17) is 11.6 Å². The highest BCUT2D eigenvalue weighted by Gasteiger charge is 2.28. The van der Waals surface area contributed by atoms with Crippen LogP contribution in [0.5, 0.6) is 0 Å². The van der Waals surface area contributed by atoms with Crippen LogP contribution in [0.15, 0.2) is 42.5 Å². The summed E-state index contributed by atoms with van der Waals surface area (Å²) in [6, 6.07) is 13.4. The second-order valence-electron chi connectivity index (χ2n) is 7.22. The third-order valence-electron chi connectivity index (χ3n) is 5.18. The number of rotatable bonds is 2. The molecule has 1 amide bonds. The quantitative estimate of drug-likeness (QED) is 0.680. The van der Waals surface area contributed by atoms with Gasteiger partial charge < -0.3 is 9.80 Å². The van der Waals surface area contributed by atoms with Gasteiger partial charge >= 0.3 is 0 Å². The first-order chi connectivity index (χ1) is 13.5. The molecule has 1 saturated heterocycles. The van der Waals surface area contributed by atoms with Gasteiger partial charge in [0.1, 0.15) is 5.69 Å². The zero-order chi connectivity index (χ0) is 19.7. The second kappa shape index (κ2) is 7.67. The van der Waals surface area contributed by atoms with Crippen LogP contribution in [0.25, 0.3) is 10.9 Å². The maximum absolute atomic E-state index is 12.9. The van der Waals surface area contributed by atoms with E-state index >= 15 is 0 Å². The number of nitrogens with one attached hydrogen (secondary N) is 1. The number of benzene rings is 2. The zero-order valence-electron chi connectivity index (χ0n) is 15.9. The van der Waals surface area contributed by atoms with E-state index in [1.54, 1.807) is 0 Å². The molecule has 1 aromatic heterocycles. The Labute approximate surface area is 169 Å². The van der Waals surface area contributed by atoms with Crippen LogP contribution >= 0.6 is 11.6 Å². The number of nitrogens with zero attached hydrogens (tertiary/aromatic N) is 3. The van der Waals surface area contributed by atoms with Crippen molar-refractivity contribution in [2.24, 2.45) is 0 Å². The summed E-state index contributed by atoms with van der Waals surface area (Å²) in [4.78, 5) is 17.0. The summed E-state index contributed by atoms with van der Waals surface area (Å²) in [5.41, 5.74) is 2.88. The fourth-order valence-electron chi connectivity index (χ4n) is 3.46. The van der Waals surface area contributed by atoms with Gasteiger partial charge in [0.05, 0.1) is 10.5 Å². The lowest BCUT2D eigenvalue weighted by molar-refractivity contribution is 0.0783. The van der Waals surface area contributed by atoms with E-state index in [2.05, 4.69) is 41.0 Å². The zero-order valence-corrected chi connectivity index (χ0v) is 16.6. The number of carbonyl (C=O) groups is 1. The van der Waals surface area contributed by atoms with Crippen LogP contribution in [0.4, 0.5) is 0 Å². The van der Waals surface area contributed by atoms with Gasteiger partial charge in [-0.15, -0.1) is 0 Å². The van der Waals surface area contributed by atoms with Gasteiger partial charge in [-0.1, -0.05) is 29.7 Å². The molecule has 1 N–H and O–H groups in total. The lowest BCUT2D eigenvalue weighted by atomic mass is 10.1. The predicted molar refractivity (Wildman–Crippen MR) is 112 cm³/mol. The third kappa shape index (κ3) is 3.62. The largest absolute Gasteiger partial charge is 0.337 e. The summed E-state index contributed by atoms with van der Waals surface area (Å²) in [7, 11) is 4.11. The number of fused-ring (bicyclic) bond motifs is 1. The maximum atomic E-state index is 12.9. The van der Waals surface area contributed by atoms with Crippen LogP contribution in [0.2, 0.25) is 5.02 Å². The molecule has 4 rings (SSSR count). The van der Waals surface area contributed by atoms with Gasteiger partial charge in [0.25, 0.3) is 5.91 Å². The van der Waals surface area contributed by atoms with Crippen LogP contribution in [0.3, 0.4) is 0 Å². The van der Waals surface area contributed by atoms with Crippen molar-refractivity contribution in [3.63, 3.8) is 0 Å². The molecule has 1 aliphatic rings. The molecule has 0 spiro atoms. The van der Waals surface area contributed by atoms with Crippen molar-refractivity contribution in [3.05, 3.63) is 64.3 Å². The number of H-pyrrole nitrogens is 1. The van der Waals surface area contributed by atoms with Crippen molar-refractivity contribution in [1.29, 1.82) is 0 Å². The maximum Gasteiger partial charge on any atom is 0.253 e. The summed E-state index contributed by atoms with van der Waals surface area (Å²) in [6.07, 6.45) is 1.00. The SMILES string of the molecule is CN(C)C1CCN(C(=O)c2ccc3n[nH]c(C#Cc4ccccc4Cl)c3c2)C1. The summed E-state index contributed by atoms with van der Waals surface area (Å²) in [5.74, 6) is 6.23. The first-order valence-electron chi connectivity index (χ1n) is 9.23. The number of aromatic nitrogens is 2. The van der Waals surface area contributed by atoms with Gasteiger partial charge in [-0.05, 0) is 56.8 Å². The molecule has 142 valence electrons. The normalized spacial score (nSPS) is 16.4. The van der Waals surface area contributed by atoms with Crippen molar-refractivity contribution in [2.45, 2.75) is 12.5 Å². The smallest absolute Gasteiger partial charge is 0.253 e. The number of amides is 1. The third-order valence-corrected chi connectivity index (χ3v) is 5.51. The Bertz CT molecular complexity index is 1090. The highest BCUT2D eigenvalue weighted by molar-refractivity contribution is 6.31. The molecular formula is C22H21ClN4O. The molecule has 6 heteroatoms. The summed E-state index contributed by atoms with van der Waals surface area (Å²) in [6.45, 7) is 1.54. The Morgan fingerprint density at radius 1 is 1.25 bits per heavy atom.